The summed E-state index contributed by atoms with van der Waals surface area (Å²) in [5, 5.41) is 2.79. The molecule has 2 aromatic carbocycles. The van der Waals surface area contributed by atoms with Gasteiger partial charge in [-0.05, 0) is 80.3 Å². The predicted octanol–water partition coefficient (Wildman–Crippen LogP) is 5.09. The fourth-order valence-corrected chi connectivity index (χ4v) is 3.83. The van der Waals surface area contributed by atoms with Crippen LogP contribution in [0.1, 0.15) is 12.0 Å². The first-order chi connectivity index (χ1) is 14.2. The van der Waals surface area contributed by atoms with Crippen LogP contribution in [0.3, 0.4) is 0 Å². The SMILES string of the molecule is CN(C)C1CCN(c2ccc(NC(=O)C=Cc3ccc(SC(F)(F)F)cc3)cc2)C1. The molecule has 1 N–H and O–H groups in total. The molecule has 3 rings (SSSR count). The Hall–Kier alpha value is -2.45. The van der Waals surface area contributed by atoms with Crippen LogP contribution in [0.4, 0.5) is 24.5 Å². The molecular formula is C22H24F3N3OS. The second-order valence-electron chi connectivity index (χ2n) is 7.34. The summed E-state index contributed by atoms with van der Waals surface area (Å²) in [6.45, 7) is 2.00. The van der Waals surface area contributed by atoms with Crippen LogP contribution in [-0.4, -0.2) is 49.5 Å². The molecule has 1 aliphatic rings. The number of carbonyl (C=O) groups excluding carboxylic acids is 1. The van der Waals surface area contributed by atoms with Crippen molar-refractivity contribution in [1.82, 2.24) is 4.90 Å². The number of thioether (sulfide) groups is 1. The highest BCUT2D eigenvalue weighted by molar-refractivity contribution is 8.00. The van der Waals surface area contributed by atoms with E-state index in [0.29, 0.717) is 17.3 Å². The summed E-state index contributed by atoms with van der Waals surface area (Å²) in [5.41, 5.74) is -1.84. The standard InChI is InChI=1S/C22H24F3N3OS/c1-27(2)19-13-14-28(15-19)18-8-6-17(7-9-18)26-21(29)12-5-16-3-10-20(11-4-16)30-22(23,24)25/h3-12,19H,13-15H2,1-2H3,(H,26,29). The minimum absolute atomic E-state index is 0.110. The lowest BCUT2D eigenvalue weighted by atomic mass is 10.2. The lowest BCUT2D eigenvalue weighted by Gasteiger charge is -2.22. The molecule has 8 heteroatoms. The van der Waals surface area contributed by atoms with Crippen molar-refractivity contribution in [3.8, 4) is 0 Å². The second-order valence-corrected chi connectivity index (χ2v) is 8.48. The Kier molecular flexibility index (Phi) is 7.10. The average molecular weight is 436 g/mol. The highest BCUT2D eigenvalue weighted by Gasteiger charge is 2.29. The molecule has 1 unspecified atom stereocenters. The largest absolute Gasteiger partial charge is 0.446 e. The number of benzene rings is 2. The lowest BCUT2D eigenvalue weighted by molar-refractivity contribution is -0.111. The summed E-state index contributed by atoms with van der Waals surface area (Å²) in [5.74, 6) is -0.301. The maximum absolute atomic E-state index is 12.4. The van der Waals surface area contributed by atoms with Crippen molar-refractivity contribution >= 4 is 35.1 Å². The molecular weight excluding hydrogens is 411 g/mol. The van der Waals surface area contributed by atoms with Crippen LogP contribution in [0.25, 0.3) is 6.08 Å². The van der Waals surface area contributed by atoms with Gasteiger partial charge in [-0.15, -0.1) is 0 Å². The Morgan fingerprint density at radius 2 is 1.80 bits per heavy atom. The van der Waals surface area contributed by atoms with Gasteiger partial charge in [0.05, 0.1) is 0 Å². The van der Waals surface area contributed by atoms with E-state index >= 15 is 0 Å². The second kappa shape index (κ2) is 9.57. The van der Waals surface area contributed by atoms with Crippen LogP contribution in [0.5, 0.6) is 0 Å². The number of amides is 1. The van der Waals surface area contributed by atoms with Gasteiger partial charge in [-0.25, -0.2) is 0 Å². The highest BCUT2D eigenvalue weighted by Crippen LogP contribution is 2.36. The third kappa shape index (κ3) is 6.53. The smallest absolute Gasteiger partial charge is 0.370 e. The number of alkyl halides is 3. The van der Waals surface area contributed by atoms with E-state index in [1.54, 1.807) is 18.2 Å². The summed E-state index contributed by atoms with van der Waals surface area (Å²) in [6.07, 6.45) is 4.06. The Morgan fingerprint density at radius 1 is 1.13 bits per heavy atom. The first-order valence-electron chi connectivity index (χ1n) is 9.56. The van der Waals surface area contributed by atoms with Gasteiger partial charge >= 0.3 is 5.51 Å². The number of nitrogens with zero attached hydrogens (tertiary/aromatic N) is 2. The van der Waals surface area contributed by atoms with Crippen molar-refractivity contribution in [1.29, 1.82) is 0 Å². The molecule has 1 fully saturated rings. The first-order valence-corrected chi connectivity index (χ1v) is 10.4. The van der Waals surface area contributed by atoms with Gasteiger partial charge < -0.3 is 15.1 Å². The summed E-state index contributed by atoms with van der Waals surface area (Å²) in [6, 6.07) is 14.1. The van der Waals surface area contributed by atoms with Crippen LogP contribution in [0.2, 0.25) is 0 Å². The number of likely N-dealkylation sites (N-methyl/N-ethyl adjacent to an activating group) is 1. The normalized spacial score (nSPS) is 17.1. The van der Waals surface area contributed by atoms with E-state index in [9.17, 15) is 18.0 Å². The van der Waals surface area contributed by atoms with Gasteiger partial charge in [0, 0.05) is 41.5 Å². The topological polar surface area (TPSA) is 35.6 Å². The first kappa shape index (κ1) is 22.2. The molecule has 0 aliphatic carbocycles. The van der Waals surface area contributed by atoms with Crippen molar-refractivity contribution in [2.24, 2.45) is 0 Å². The molecule has 0 saturated carbocycles. The molecule has 160 valence electrons. The summed E-state index contributed by atoms with van der Waals surface area (Å²) < 4.78 is 37.1. The van der Waals surface area contributed by atoms with Crippen LogP contribution >= 0.6 is 11.8 Å². The third-order valence-corrected chi connectivity index (χ3v) is 5.67. The lowest BCUT2D eigenvalue weighted by Crippen LogP contribution is -2.31. The van der Waals surface area contributed by atoms with Crippen LogP contribution in [-0.2, 0) is 4.79 Å². The van der Waals surface area contributed by atoms with Gasteiger partial charge in [-0.1, -0.05) is 12.1 Å². The third-order valence-electron chi connectivity index (χ3n) is 4.93. The zero-order valence-electron chi connectivity index (χ0n) is 16.8. The van der Waals surface area contributed by atoms with Crippen LogP contribution in [0.15, 0.2) is 59.5 Å². The fourth-order valence-electron chi connectivity index (χ4n) is 3.29. The monoisotopic (exact) mass is 435 g/mol. The minimum Gasteiger partial charge on any atom is -0.370 e. The molecule has 1 atom stereocenters. The zero-order chi connectivity index (χ0) is 21.7. The number of rotatable bonds is 6. The van der Waals surface area contributed by atoms with E-state index in [1.807, 2.05) is 24.3 Å². The van der Waals surface area contributed by atoms with E-state index in [1.165, 1.54) is 18.2 Å². The molecule has 1 aliphatic heterocycles. The molecule has 0 spiro atoms. The van der Waals surface area contributed by atoms with Gasteiger partial charge in [0.25, 0.3) is 0 Å². The van der Waals surface area contributed by atoms with Gasteiger partial charge in [0.2, 0.25) is 5.91 Å². The average Bonchev–Trinajstić information content (AvgIpc) is 3.17. The Morgan fingerprint density at radius 3 is 2.37 bits per heavy atom. The van der Waals surface area contributed by atoms with E-state index in [4.69, 9.17) is 0 Å². The van der Waals surface area contributed by atoms with Crippen LogP contribution in [0, 0.1) is 0 Å². The maximum Gasteiger partial charge on any atom is 0.446 e. The van der Waals surface area contributed by atoms with E-state index in [0.717, 1.165) is 25.2 Å². The summed E-state index contributed by atoms with van der Waals surface area (Å²) >= 11 is -0.162. The Bertz CT molecular complexity index is 880. The van der Waals surface area contributed by atoms with Gasteiger partial charge in [0.1, 0.15) is 0 Å². The van der Waals surface area contributed by atoms with Crippen molar-refractivity contribution in [3.05, 3.63) is 60.2 Å². The molecule has 2 aromatic rings. The number of anilines is 2. The number of hydrogen-bond acceptors (Lipinski definition) is 4. The minimum atomic E-state index is -4.31. The van der Waals surface area contributed by atoms with E-state index in [-0.39, 0.29) is 22.6 Å². The molecule has 1 saturated heterocycles. The summed E-state index contributed by atoms with van der Waals surface area (Å²) in [7, 11) is 4.19. The van der Waals surface area contributed by atoms with E-state index in [2.05, 4.69) is 29.2 Å². The van der Waals surface area contributed by atoms with Gasteiger partial charge in [-0.3, -0.25) is 4.79 Å². The summed E-state index contributed by atoms with van der Waals surface area (Å²) in [4.78, 5) is 16.8. The van der Waals surface area contributed by atoms with Crippen molar-refractivity contribution in [3.63, 3.8) is 0 Å². The number of nitrogens with one attached hydrogen (secondary N) is 1. The molecule has 1 amide bonds. The molecule has 0 bridgehead atoms. The predicted molar refractivity (Wildman–Crippen MR) is 117 cm³/mol. The molecule has 0 aromatic heterocycles. The van der Waals surface area contributed by atoms with Crippen molar-refractivity contribution in [2.45, 2.75) is 22.9 Å². The zero-order valence-corrected chi connectivity index (χ0v) is 17.6. The molecule has 1 heterocycles. The fraction of sp³-hybridized carbons (Fsp3) is 0.318. The Labute approximate surface area is 178 Å². The number of hydrogen-bond donors (Lipinski definition) is 1. The van der Waals surface area contributed by atoms with Gasteiger partial charge in [-0.2, -0.15) is 13.2 Å². The van der Waals surface area contributed by atoms with Gasteiger partial charge in [0.15, 0.2) is 0 Å². The highest BCUT2D eigenvalue weighted by atomic mass is 32.2. The molecule has 30 heavy (non-hydrogen) atoms. The number of carbonyl (C=O) groups is 1. The molecule has 4 nitrogen and oxygen atoms in total. The van der Waals surface area contributed by atoms with Crippen LogP contribution < -0.4 is 10.2 Å². The van der Waals surface area contributed by atoms with Crippen molar-refractivity contribution in [2.75, 3.05) is 37.4 Å². The Balaban J connectivity index is 1.52. The number of halogens is 3. The molecule has 0 radical (unpaired) electrons. The van der Waals surface area contributed by atoms with Crippen molar-refractivity contribution < 1.29 is 18.0 Å². The van der Waals surface area contributed by atoms with E-state index < -0.39 is 5.51 Å². The quantitative estimate of drug-likeness (QED) is 0.506. The maximum atomic E-state index is 12.4.